The van der Waals surface area contributed by atoms with Crippen molar-refractivity contribution in [1.82, 2.24) is 0 Å². The molecule has 0 spiro atoms. The lowest BCUT2D eigenvalue weighted by molar-refractivity contribution is -0.154. The molecule has 0 saturated carbocycles. The maximum absolute atomic E-state index is 12.2. The van der Waals surface area contributed by atoms with Crippen LogP contribution in [0, 0.1) is 6.92 Å². The summed E-state index contributed by atoms with van der Waals surface area (Å²) in [6.45, 7) is 2.00. The Morgan fingerprint density at radius 3 is 2.00 bits per heavy atom. The molecule has 6 nitrogen and oxygen atoms in total. The second-order valence-corrected chi connectivity index (χ2v) is 7.54. The molecule has 1 unspecified atom stereocenters. The normalized spacial score (nSPS) is 12.9. The van der Waals surface area contributed by atoms with Crippen molar-refractivity contribution < 1.29 is 29.2 Å². The second kappa shape index (κ2) is 8.14. The minimum atomic E-state index is -2.28. The number of aryl methyl sites for hydroxylation is 1. The fraction of sp³-hybridized carbons (Fsp3) is 0.227. The van der Waals surface area contributed by atoms with Gasteiger partial charge in [-0.15, -0.1) is 11.3 Å². The van der Waals surface area contributed by atoms with Crippen molar-refractivity contribution in [3.63, 3.8) is 0 Å². The SMILES string of the molecule is COc1cc(C(O)(C(=O)O)c2ccc(-c3ccc(C)cc3)s2)cc(OC)c1OC. The number of rotatable bonds is 7. The highest BCUT2D eigenvalue weighted by Crippen LogP contribution is 2.45. The quantitative estimate of drug-likeness (QED) is 0.606. The van der Waals surface area contributed by atoms with Crippen LogP contribution in [-0.4, -0.2) is 37.5 Å². The van der Waals surface area contributed by atoms with Gasteiger partial charge in [0.2, 0.25) is 11.4 Å². The van der Waals surface area contributed by atoms with Crippen LogP contribution in [0.3, 0.4) is 0 Å². The number of methoxy groups -OCH3 is 3. The Labute approximate surface area is 172 Å². The fourth-order valence-corrected chi connectivity index (χ4v) is 4.18. The number of hydrogen-bond acceptors (Lipinski definition) is 6. The van der Waals surface area contributed by atoms with Gasteiger partial charge in [-0.25, -0.2) is 4.79 Å². The third-order valence-electron chi connectivity index (χ3n) is 4.69. The highest BCUT2D eigenvalue weighted by Gasteiger charge is 2.43. The van der Waals surface area contributed by atoms with E-state index in [2.05, 4.69) is 0 Å². The van der Waals surface area contributed by atoms with E-state index >= 15 is 0 Å². The Morgan fingerprint density at radius 2 is 1.52 bits per heavy atom. The van der Waals surface area contributed by atoms with E-state index in [1.807, 2.05) is 31.2 Å². The first-order chi connectivity index (χ1) is 13.8. The number of ether oxygens (including phenoxy) is 3. The number of carbonyl (C=O) groups is 1. The van der Waals surface area contributed by atoms with E-state index in [1.54, 1.807) is 12.1 Å². The van der Waals surface area contributed by atoms with Crippen LogP contribution in [0.4, 0.5) is 0 Å². The molecule has 1 atom stereocenters. The summed E-state index contributed by atoms with van der Waals surface area (Å²) in [5, 5.41) is 21.3. The maximum Gasteiger partial charge on any atom is 0.346 e. The highest BCUT2D eigenvalue weighted by atomic mass is 32.1. The van der Waals surface area contributed by atoms with Crippen LogP contribution in [0.2, 0.25) is 0 Å². The average Bonchev–Trinajstić information content (AvgIpc) is 3.22. The third kappa shape index (κ3) is 3.66. The molecule has 0 bridgehead atoms. The molecule has 0 fully saturated rings. The largest absolute Gasteiger partial charge is 0.493 e. The molecule has 2 aromatic carbocycles. The van der Waals surface area contributed by atoms with Crippen LogP contribution >= 0.6 is 11.3 Å². The van der Waals surface area contributed by atoms with Gasteiger partial charge in [-0.05, 0) is 36.8 Å². The predicted molar refractivity (Wildman–Crippen MR) is 111 cm³/mol. The zero-order chi connectivity index (χ0) is 21.2. The summed E-state index contributed by atoms with van der Waals surface area (Å²) < 4.78 is 15.9. The summed E-state index contributed by atoms with van der Waals surface area (Å²) in [5.74, 6) is -0.559. The molecule has 7 heteroatoms. The molecule has 1 aromatic heterocycles. The Hall–Kier alpha value is -3.03. The van der Waals surface area contributed by atoms with Crippen molar-refractivity contribution in [1.29, 1.82) is 0 Å². The van der Waals surface area contributed by atoms with E-state index in [-0.39, 0.29) is 21.9 Å². The fourth-order valence-electron chi connectivity index (χ4n) is 3.07. The summed E-state index contributed by atoms with van der Waals surface area (Å²) >= 11 is 1.22. The van der Waals surface area contributed by atoms with E-state index in [0.29, 0.717) is 5.75 Å². The minimum Gasteiger partial charge on any atom is -0.493 e. The minimum absolute atomic E-state index is 0.108. The van der Waals surface area contributed by atoms with Crippen molar-refractivity contribution in [2.45, 2.75) is 12.5 Å². The topological polar surface area (TPSA) is 85.2 Å². The summed E-state index contributed by atoms with van der Waals surface area (Å²) in [5.41, 5.74) is -0.0910. The standard InChI is InChI=1S/C22H22O6S/c1-13-5-7-14(8-6-13)18-9-10-19(29-18)22(25,21(23)24)15-11-16(26-2)20(28-4)17(12-15)27-3/h5-12,25H,1-4H3,(H,23,24). The first kappa shape index (κ1) is 20.7. The monoisotopic (exact) mass is 414 g/mol. The van der Waals surface area contributed by atoms with Gasteiger partial charge < -0.3 is 24.4 Å². The van der Waals surface area contributed by atoms with Crippen molar-refractivity contribution in [3.05, 3.63) is 64.5 Å². The zero-order valence-electron chi connectivity index (χ0n) is 16.6. The van der Waals surface area contributed by atoms with E-state index in [4.69, 9.17) is 14.2 Å². The number of carboxylic acids is 1. The maximum atomic E-state index is 12.2. The Bertz CT molecular complexity index is 999. The van der Waals surface area contributed by atoms with Crippen LogP contribution < -0.4 is 14.2 Å². The van der Waals surface area contributed by atoms with Gasteiger partial charge in [0, 0.05) is 10.4 Å². The molecule has 29 heavy (non-hydrogen) atoms. The summed E-state index contributed by atoms with van der Waals surface area (Å²) in [7, 11) is 4.32. The Kier molecular flexibility index (Phi) is 5.81. The van der Waals surface area contributed by atoms with Crippen LogP contribution in [0.5, 0.6) is 17.2 Å². The zero-order valence-corrected chi connectivity index (χ0v) is 17.4. The lowest BCUT2D eigenvalue weighted by Gasteiger charge is -2.24. The average molecular weight is 414 g/mol. The Balaban J connectivity index is 2.14. The first-order valence-corrected chi connectivity index (χ1v) is 9.60. The number of hydrogen-bond donors (Lipinski definition) is 2. The highest BCUT2D eigenvalue weighted by molar-refractivity contribution is 7.15. The van der Waals surface area contributed by atoms with Crippen LogP contribution in [0.15, 0.2) is 48.5 Å². The van der Waals surface area contributed by atoms with Gasteiger partial charge in [0.1, 0.15) is 0 Å². The van der Waals surface area contributed by atoms with Gasteiger partial charge in [-0.3, -0.25) is 0 Å². The molecule has 2 N–H and O–H groups in total. The molecule has 0 aliphatic carbocycles. The molecule has 0 amide bonds. The molecule has 3 rings (SSSR count). The molecule has 0 aliphatic rings. The van der Waals surface area contributed by atoms with Gasteiger partial charge in [0.15, 0.2) is 11.5 Å². The van der Waals surface area contributed by atoms with Gasteiger partial charge in [-0.1, -0.05) is 29.8 Å². The number of aliphatic carboxylic acids is 1. The molecule has 3 aromatic rings. The van der Waals surface area contributed by atoms with Gasteiger partial charge >= 0.3 is 5.97 Å². The van der Waals surface area contributed by atoms with E-state index in [0.717, 1.165) is 16.0 Å². The summed E-state index contributed by atoms with van der Waals surface area (Å²) in [6.07, 6.45) is 0. The smallest absolute Gasteiger partial charge is 0.346 e. The van der Waals surface area contributed by atoms with E-state index < -0.39 is 11.6 Å². The lowest BCUT2D eigenvalue weighted by Crippen LogP contribution is -2.36. The number of benzene rings is 2. The number of thiophene rings is 1. The lowest BCUT2D eigenvalue weighted by atomic mass is 9.91. The van der Waals surface area contributed by atoms with Crippen molar-refractivity contribution >= 4 is 17.3 Å². The molecular formula is C22H22O6S. The summed E-state index contributed by atoms with van der Waals surface area (Å²) in [4.78, 5) is 13.3. The number of carboxylic acid groups (broad SMARTS) is 1. The van der Waals surface area contributed by atoms with Crippen molar-refractivity contribution in [2.75, 3.05) is 21.3 Å². The van der Waals surface area contributed by atoms with Crippen molar-refractivity contribution in [3.8, 4) is 27.7 Å². The molecule has 0 aliphatic heterocycles. The molecular weight excluding hydrogens is 392 g/mol. The van der Waals surface area contributed by atoms with Crippen LogP contribution in [0.1, 0.15) is 16.0 Å². The van der Waals surface area contributed by atoms with E-state index in [1.165, 1.54) is 44.8 Å². The van der Waals surface area contributed by atoms with Crippen molar-refractivity contribution in [2.24, 2.45) is 0 Å². The number of aliphatic hydroxyl groups is 1. The first-order valence-electron chi connectivity index (χ1n) is 8.78. The predicted octanol–water partition coefficient (Wildman–Crippen LogP) is 4.07. The van der Waals surface area contributed by atoms with Gasteiger partial charge in [0.25, 0.3) is 0 Å². The molecule has 0 radical (unpaired) electrons. The molecule has 1 heterocycles. The molecule has 0 saturated heterocycles. The molecule has 152 valence electrons. The summed E-state index contributed by atoms with van der Waals surface area (Å²) in [6, 6.07) is 14.2. The van der Waals surface area contributed by atoms with Crippen LogP contribution in [-0.2, 0) is 10.4 Å². The van der Waals surface area contributed by atoms with Crippen LogP contribution in [0.25, 0.3) is 10.4 Å². The Morgan fingerprint density at radius 1 is 0.931 bits per heavy atom. The third-order valence-corrected chi connectivity index (χ3v) is 5.93. The van der Waals surface area contributed by atoms with E-state index in [9.17, 15) is 15.0 Å². The van der Waals surface area contributed by atoms with Gasteiger partial charge in [-0.2, -0.15) is 0 Å². The van der Waals surface area contributed by atoms with Gasteiger partial charge in [0.05, 0.1) is 26.2 Å². The second-order valence-electron chi connectivity index (χ2n) is 6.46.